The van der Waals surface area contributed by atoms with Gasteiger partial charge in [0.05, 0.1) is 21.7 Å². The van der Waals surface area contributed by atoms with Gasteiger partial charge in [0.1, 0.15) is 0 Å². The van der Waals surface area contributed by atoms with Crippen LogP contribution in [0, 0.1) is 0 Å². The number of carbonyl (C=O) groups excluding carboxylic acids is 3. The summed E-state index contributed by atoms with van der Waals surface area (Å²) in [5.41, 5.74) is 3.54. The van der Waals surface area contributed by atoms with Crippen molar-refractivity contribution in [1.82, 2.24) is 4.90 Å². The highest BCUT2D eigenvalue weighted by Crippen LogP contribution is 2.31. The Kier molecular flexibility index (Phi) is 3.87. The van der Waals surface area contributed by atoms with Crippen LogP contribution in [0.15, 0.2) is 60.0 Å². The van der Waals surface area contributed by atoms with E-state index in [0.717, 1.165) is 22.4 Å². The zero-order chi connectivity index (χ0) is 19.3. The second-order valence-electron chi connectivity index (χ2n) is 6.90. The van der Waals surface area contributed by atoms with Crippen molar-refractivity contribution in [2.45, 2.75) is 13.0 Å². The van der Waals surface area contributed by atoms with E-state index in [0.29, 0.717) is 29.9 Å². The molecule has 1 aromatic heterocycles. The fourth-order valence-electron chi connectivity index (χ4n) is 3.84. The third-order valence-electron chi connectivity index (χ3n) is 5.27. The lowest BCUT2D eigenvalue weighted by atomic mass is 9.98. The van der Waals surface area contributed by atoms with Crippen LogP contribution in [-0.4, -0.2) is 29.2 Å². The average Bonchev–Trinajstić information content (AvgIpc) is 3.35. The SMILES string of the molecule is O=C(c1cccs1)N1CCc2ccc(N3C(=O)c4ccccc4C3=O)cc2C1. The molecule has 0 atom stereocenters. The summed E-state index contributed by atoms with van der Waals surface area (Å²) in [6.45, 7) is 1.14. The summed E-state index contributed by atoms with van der Waals surface area (Å²) < 4.78 is 0. The van der Waals surface area contributed by atoms with Gasteiger partial charge in [-0.15, -0.1) is 11.3 Å². The Morgan fingerprint density at radius 2 is 1.64 bits per heavy atom. The largest absolute Gasteiger partial charge is 0.333 e. The van der Waals surface area contributed by atoms with Crippen LogP contribution < -0.4 is 4.90 Å². The predicted octanol–water partition coefficient (Wildman–Crippen LogP) is 3.75. The predicted molar refractivity (Wildman–Crippen MR) is 107 cm³/mol. The molecule has 5 rings (SSSR count). The van der Waals surface area contributed by atoms with Gasteiger partial charge in [-0.2, -0.15) is 0 Å². The highest BCUT2D eigenvalue weighted by atomic mass is 32.1. The van der Waals surface area contributed by atoms with Crippen molar-refractivity contribution in [2.24, 2.45) is 0 Å². The van der Waals surface area contributed by atoms with Crippen LogP contribution in [0.25, 0.3) is 0 Å². The average molecular weight is 388 g/mol. The summed E-state index contributed by atoms with van der Waals surface area (Å²) in [4.78, 5) is 41.9. The molecule has 3 aromatic rings. The molecule has 0 fully saturated rings. The van der Waals surface area contributed by atoms with Gasteiger partial charge < -0.3 is 4.90 Å². The summed E-state index contributed by atoms with van der Waals surface area (Å²) in [6, 6.07) is 16.2. The van der Waals surface area contributed by atoms with Crippen molar-refractivity contribution in [3.05, 3.63) is 87.1 Å². The first-order valence-corrected chi connectivity index (χ1v) is 9.94. The Hall–Kier alpha value is -3.25. The number of benzene rings is 2. The molecule has 0 N–H and O–H groups in total. The maximum atomic E-state index is 12.7. The Morgan fingerprint density at radius 3 is 2.32 bits per heavy atom. The van der Waals surface area contributed by atoms with Gasteiger partial charge in [0.15, 0.2) is 0 Å². The minimum absolute atomic E-state index is 0.0202. The van der Waals surface area contributed by atoms with E-state index < -0.39 is 0 Å². The summed E-state index contributed by atoms with van der Waals surface area (Å²) >= 11 is 1.43. The van der Waals surface area contributed by atoms with Gasteiger partial charge in [0, 0.05) is 13.1 Å². The zero-order valence-electron chi connectivity index (χ0n) is 14.9. The van der Waals surface area contributed by atoms with Crippen LogP contribution in [0.5, 0.6) is 0 Å². The lowest BCUT2D eigenvalue weighted by Gasteiger charge is -2.29. The molecule has 6 heteroatoms. The van der Waals surface area contributed by atoms with E-state index in [1.807, 2.05) is 40.6 Å². The Morgan fingerprint density at radius 1 is 0.893 bits per heavy atom. The van der Waals surface area contributed by atoms with E-state index in [2.05, 4.69) is 0 Å². The zero-order valence-corrected chi connectivity index (χ0v) is 15.7. The topological polar surface area (TPSA) is 57.7 Å². The van der Waals surface area contributed by atoms with E-state index in [1.54, 1.807) is 24.3 Å². The van der Waals surface area contributed by atoms with Crippen molar-refractivity contribution in [2.75, 3.05) is 11.4 Å². The number of imide groups is 1. The van der Waals surface area contributed by atoms with Gasteiger partial charge in [0.2, 0.25) is 0 Å². The van der Waals surface area contributed by atoms with Crippen molar-refractivity contribution in [1.29, 1.82) is 0 Å². The third-order valence-corrected chi connectivity index (χ3v) is 6.13. The molecule has 2 aromatic carbocycles. The quantitative estimate of drug-likeness (QED) is 0.629. The summed E-state index contributed by atoms with van der Waals surface area (Å²) in [7, 11) is 0. The van der Waals surface area contributed by atoms with Gasteiger partial charge in [-0.1, -0.05) is 24.3 Å². The first-order chi connectivity index (χ1) is 13.6. The maximum Gasteiger partial charge on any atom is 0.266 e. The first kappa shape index (κ1) is 16.9. The van der Waals surface area contributed by atoms with Gasteiger partial charge in [0.25, 0.3) is 17.7 Å². The molecule has 0 bridgehead atoms. The minimum Gasteiger partial charge on any atom is -0.333 e. The summed E-state index contributed by atoms with van der Waals surface area (Å²) in [6.07, 6.45) is 0.759. The Balaban J connectivity index is 1.46. The Bertz CT molecular complexity index is 1090. The fourth-order valence-corrected chi connectivity index (χ4v) is 4.53. The third kappa shape index (κ3) is 2.57. The highest BCUT2D eigenvalue weighted by Gasteiger charge is 2.36. The molecule has 0 spiro atoms. The van der Waals surface area contributed by atoms with E-state index >= 15 is 0 Å². The summed E-state index contributed by atoms with van der Waals surface area (Å²) in [5, 5.41) is 1.89. The number of anilines is 1. The lowest BCUT2D eigenvalue weighted by Crippen LogP contribution is -2.36. The van der Waals surface area contributed by atoms with Gasteiger partial charge in [-0.05, 0) is 53.3 Å². The second kappa shape index (κ2) is 6.42. The fraction of sp³-hybridized carbons (Fsp3) is 0.136. The number of nitrogens with zero attached hydrogens (tertiary/aromatic N) is 2. The van der Waals surface area contributed by atoms with Crippen molar-refractivity contribution < 1.29 is 14.4 Å². The van der Waals surface area contributed by atoms with Crippen LogP contribution >= 0.6 is 11.3 Å². The number of rotatable bonds is 2. The molecule has 0 radical (unpaired) electrons. The van der Waals surface area contributed by atoms with E-state index in [9.17, 15) is 14.4 Å². The van der Waals surface area contributed by atoms with E-state index in [1.165, 1.54) is 16.2 Å². The van der Waals surface area contributed by atoms with Gasteiger partial charge in [-0.3, -0.25) is 14.4 Å². The number of fused-ring (bicyclic) bond motifs is 2. The van der Waals surface area contributed by atoms with Crippen LogP contribution in [0.3, 0.4) is 0 Å². The summed E-state index contributed by atoms with van der Waals surface area (Å²) in [5.74, 6) is -0.586. The number of thiophene rings is 1. The smallest absolute Gasteiger partial charge is 0.266 e. The molecule has 5 nitrogen and oxygen atoms in total. The molecule has 0 saturated carbocycles. The molecule has 0 aliphatic carbocycles. The van der Waals surface area contributed by atoms with Crippen LogP contribution in [0.2, 0.25) is 0 Å². The molecule has 0 saturated heterocycles. The standard InChI is InChI=1S/C22H16N2O3S/c25-20-17-4-1-2-5-18(17)21(26)24(20)16-8-7-14-9-10-23(13-15(14)12-16)22(27)19-6-3-11-28-19/h1-8,11-12H,9-10,13H2. The van der Waals surface area contributed by atoms with Crippen LogP contribution in [0.1, 0.15) is 41.5 Å². The molecule has 3 amide bonds. The monoisotopic (exact) mass is 388 g/mol. The number of hydrogen-bond acceptors (Lipinski definition) is 4. The lowest BCUT2D eigenvalue weighted by molar-refractivity contribution is 0.0738. The number of amides is 3. The van der Waals surface area contributed by atoms with Gasteiger partial charge >= 0.3 is 0 Å². The highest BCUT2D eigenvalue weighted by molar-refractivity contribution is 7.12. The van der Waals surface area contributed by atoms with E-state index in [4.69, 9.17) is 0 Å². The van der Waals surface area contributed by atoms with Crippen molar-refractivity contribution >= 4 is 34.7 Å². The molecule has 138 valence electrons. The van der Waals surface area contributed by atoms with Crippen molar-refractivity contribution in [3.8, 4) is 0 Å². The molecular formula is C22H16N2O3S. The first-order valence-electron chi connectivity index (χ1n) is 9.06. The molecule has 0 unspecified atom stereocenters. The molecule has 2 aliphatic heterocycles. The number of hydrogen-bond donors (Lipinski definition) is 0. The van der Waals surface area contributed by atoms with Gasteiger partial charge in [-0.25, -0.2) is 4.90 Å². The maximum absolute atomic E-state index is 12.7. The molecular weight excluding hydrogens is 372 g/mol. The molecule has 2 aliphatic rings. The Labute approximate surface area is 165 Å². The molecule has 28 heavy (non-hydrogen) atoms. The van der Waals surface area contributed by atoms with E-state index in [-0.39, 0.29) is 17.7 Å². The minimum atomic E-state index is -0.303. The normalized spacial score (nSPS) is 15.6. The molecule has 3 heterocycles. The second-order valence-corrected chi connectivity index (χ2v) is 7.85. The van der Waals surface area contributed by atoms with Crippen molar-refractivity contribution in [3.63, 3.8) is 0 Å². The number of carbonyl (C=O) groups is 3. The van der Waals surface area contributed by atoms with Crippen LogP contribution in [-0.2, 0) is 13.0 Å². The van der Waals surface area contributed by atoms with Crippen LogP contribution in [0.4, 0.5) is 5.69 Å².